The van der Waals surface area contributed by atoms with Gasteiger partial charge in [-0.05, 0) is 19.4 Å². The van der Waals surface area contributed by atoms with Gasteiger partial charge in [0.2, 0.25) is 0 Å². The van der Waals surface area contributed by atoms with Crippen LogP contribution in [0.5, 0.6) is 0 Å². The third-order valence-corrected chi connectivity index (χ3v) is 4.17. The number of aliphatic hydroxyl groups excluding tert-OH is 1. The maximum atomic E-state index is 12.4. The number of hydrogen-bond acceptors (Lipinski definition) is 4. The minimum atomic E-state index is -0.385. The van der Waals surface area contributed by atoms with Crippen LogP contribution in [0.4, 0.5) is 0 Å². The third kappa shape index (κ3) is 3.86. The number of fused-ring (bicyclic) bond motifs is 1. The second kappa shape index (κ2) is 6.64. The summed E-state index contributed by atoms with van der Waals surface area (Å²) in [5.74, 6) is 0.725. The molecule has 1 aliphatic rings. The normalized spacial score (nSPS) is 16.1. The number of hydrogen-bond donors (Lipinski definition) is 2. The van der Waals surface area contributed by atoms with Crippen molar-refractivity contribution in [1.82, 2.24) is 14.9 Å². The van der Waals surface area contributed by atoms with Gasteiger partial charge in [0.05, 0.1) is 17.4 Å². The van der Waals surface area contributed by atoms with E-state index in [1.54, 1.807) is 6.92 Å². The van der Waals surface area contributed by atoms with Gasteiger partial charge in [-0.3, -0.25) is 9.69 Å². The molecule has 0 spiro atoms. The SMILES string of the molecule is Cc1cccc(Cc2nc3c(c(=O)[nH]2)CN(C[C@@H](C)O)CC3)c1. The molecular weight excluding hydrogens is 290 g/mol. The first-order valence-corrected chi connectivity index (χ1v) is 8.08. The molecule has 122 valence electrons. The Morgan fingerprint density at radius 1 is 1.43 bits per heavy atom. The van der Waals surface area contributed by atoms with E-state index >= 15 is 0 Å². The number of aliphatic hydroxyl groups is 1. The Morgan fingerprint density at radius 3 is 3.00 bits per heavy atom. The Bertz CT molecular complexity index is 752. The lowest BCUT2D eigenvalue weighted by Crippen LogP contribution is -2.39. The molecule has 0 bridgehead atoms. The molecule has 0 saturated carbocycles. The standard InChI is InChI=1S/C18H23N3O2/c1-12-4-3-5-14(8-12)9-17-19-16-6-7-21(10-13(2)22)11-15(16)18(23)20-17/h3-5,8,13,22H,6-7,9-11H2,1-2H3,(H,19,20,23)/t13-/m1/s1. The van der Waals surface area contributed by atoms with Crippen LogP contribution in [0.2, 0.25) is 0 Å². The van der Waals surface area contributed by atoms with Gasteiger partial charge in [0.1, 0.15) is 5.82 Å². The topological polar surface area (TPSA) is 69.2 Å². The highest BCUT2D eigenvalue weighted by molar-refractivity contribution is 5.27. The largest absolute Gasteiger partial charge is 0.392 e. The molecule has 0 unspecified atom stereocenters. The fourth-order valence-electron chi connectivity index (χ4n) is 3.16. The second-order valence-electron chi connectivity index (χ2n) is 6.44. The summed E-state index contributed by atoms with van der Waals surface area (Å²) >= 11 is 0. The predicted octanol–water partition coefficient (Wildman–Crippen LogP) is 1.41. The Kier molecular flexibility index (Phi) is 4.59. The molecule has 0 fully saturated rings. The van der Waals surface area contributed by atoms with Gasteiger partial charge in [-0.2, -0.15) is 0 Å². The van der Waals surface area contributed by atoms with Gasteiger partial charge in [-0.1, -0.05) is 29.8 Å². The molecule has 5 nitrogen and oxygen atoms in total. The monoisotopic (exact) mass is 313 g/mol. The van der Waals surface area contributed by atoms with Gasteiger partial charge in [0, 0.05) is 32.5 Å². The van der Waals surface area contributed by atoms with Gasteiger partial charge in [0.25, 0.3) is 5.56 Å². The van der Waals surface area contributed by atoms with Crippen molar-refractivity contribution in [1.29, 1.82) is 0 Å². The van der Waals surface area contributed by atoms with Crippen LogP contribution in [0.25, 0.3) is 0 Å². The van der Waals surface area contributed by atoms with E-state index in [0.717, 1.165) is 35.6 Å². The van der Waals surface area contributed by atoms with Crippen LogP contribution < -0.4 is 5.56 Å². The van der Waals surface area contributed by atoms with E-state index in [1.165, 1.54) is 5.56 Å². The molecule has 2 N–H and O–H groups in total. The van der Waals surface area contributed by atoms with Crippen molar-refractivity contribution < 1.29 is 5.11 Å². The van der Waals surface area contributed by atoms with Crippen molar-refractivity contribution >= 4 is 0 Å². The maximum absolute atomic E-state index is 12.4. The van der Waals surface area contributed by atoms with Gasteiger partial charge in [0.15, 0.2) is 0 Å². The minimum Gasteiger partial charge on any atom is -0.392 e. The summed E-state index contributed by atoms with van der Waals surface area (Å²) < 4.78 is 0. The number of aromatic nitrogens is 2. The van der Waals surface area contributed by atoms with Gasteiger partial charge in [-0.25, -0.2) is 4.98 Å². The summed E-state index contributed by atoms with van der Waals surface area (Å²) in [5, 5.41) is 9.51. The van der Waals surface area contributed by atoms with Gasteiger partial charge < -0.3 is 10.1 Å². The van der Waals surface area contributed by atoms with E-state index < -0.39 is 0 Å². The van der Waals surface area contributed by atoms with E-state index in [0.29, 0.717) is 19.5 Å². The van der Waals surface area contributed by atoms with Crippen molar-refractivity contribution in [3.8, 4) is 0 Å². The molecule has 1 aromatic heterocycles. The van der Waals surface area contributed by atoms with Gasteiger partial charge >= 0.3 is 0 Å². The van der Waals surface area contributed by atoms with Crippen molar-refractivity contribution in [2.75, 3.05) is 13.1 Å². The molecule has 1 aliphatic heterocycles. The summed E-state index contributed by atoms with van der Waals surface area (Å²) in [5.41, 5.74) is 3.95. The molecule has 5 heteroatoms. The number of β-amino-alcohol motifs (C(OH)–C–C–N with tert-alkyl or cyclic N) is 1. The Morgan fingerprint density at radius 2 is 2.26 bits per heavy atom. The van der Waals surface area contributed by atoms with Gasteiger partial charge in [-0.15, -0.1) is 0 Å². The fraction of sp³-hybridized carbons (Fsp3) is 0.444. The van der Waals surface area contributed by atoms with Crippen LogP contribution in [0.3, 0.4) is 0 Å². The van der Waals surface area contributed by atoms with Crippen LogP contribution >= 0.6 is 0 Å². The highest BCUT2D eigenvalue weighted by atomic mass is 16.3. The molecule has 0 amide bonds. The molecule has 0 saturated heterocycles. The highest BCUT2D eigenvalue weighted by Crippen LogP contribution is 2.15. The zero-order chi connectivity index (χ0) is 16.4. The number of nitrogens with zero attached hydrogens (tertiary/aromatic N) is 2. The predicted molar refractivity (Wildman–Crippen MR) is 89.5 cm³/mol. The number of rotatable bonds is 4. The molecule has 3 rings (SSSR count). The first-order valence-electron chi connectivity index (χ1n) is 8.08. The van der Waals surface area contributed by atoms with Crippen molar-refractivity contribution in [2.45, 2.75) is 39.3 Å². The molecular formula is C18H23N3O2. The van der Waals surface area contributed by atoms with Crippen LogP contribution in [-0.4, -0.2) is 39.2 Å². The van der Waals surface area contributed by atoms with E-state index in [2.05, 4.69) is 40.0 Å². The van der Waals surface area contributed by atoms with Crippen LogP contribution in [-0.2, 0) is 19.4 Å². The van der Waals surface area contributed by atoms with Crippen molar-refractivity contribution in [2.24, 2.45) is 0 Å². The molecule has 23 heavy (non-hydrogen) atoms. The Balaban J connectivity index is 1.82. The van der Waals surface area contributed by atoms with Crippen LogP contribution in [0.15, 0.2) is 29.1 Å². The lowest BCUT2D eigenvalue weighted by atomic mass is 10.1. The quantitative estimate of drug-likeness (QED) is 0.895. The average Bonchev–Trinajstić information content (AvgIpc) is 2.47. The number of nitrogens with one attached hydrogen (secondary N) is 1. The number of aryl methyl sites for hydroxylation is 1. The molecule has 1 aromatic carbocycles. The maximum Gasteiger partial charge on any atom is 0.255 e. The van der Waals surface area contributed by atoms with E-state index in [4.69, 9.17) is 0 Å². The first kappa shape index (κ1) is 15.9. The summed E-state index contributed by atoms with van der Waals surface area (Å²) in [4.78, 5) is 22.1. The smallest absolute Gasteiger partial charge is 0.255 e. The first-order chi connectivity index (χ1) is 11.0. The van der Waals surface area contributed by atoms with Crippen molar-refractivity contribution in [3.05, 3.63) is 62.8 Å². The molecule has 0 aliphatic carbocycles. The van der Waals surface area contributed by atoms with Crippen molar-refractivity contribution in [3.63, 3.8) is 0 Å². The summed E-state index contributed by atoms with van der Waals surface area (Å²) in [7, 11) is 0. The molecule has 0 radical (unpaired) electrons. The van der Waals surface area contributed by atoms with Crippen LogP contribution in [0, 0.1) is 6.92 Å². The Hall–Kier alpha value is -1.98. The number of H-pyrrole nitrogens is 1. The highest BCUT2D eigenvalue weighted by Gasteiger charge is 2.21. The zero-order valence-electron chi connectivity index (χ0n) is 13.7. The molecule has 2 heterocycles. The summed E-state index contributed by atoms with van der Waals surface area (Å²) in [6, 6.07) is 8.25. The third-order valence-electron chi connectivity index (χ3n) is 4.17. The lowest BCUT2D eigenvalue weighted by Gasteiger charge is -2.28. The summed E-state index contributed by atoms with van der Waals surface area (Å²) in [6.07, 6.45) is 1.01. The lowest BCUT2D eigenvalue weighted by molar-refractivity contribution is 0.118. The average molecular weight is 313 g/mol. The fourth-order valence-corrected chi connectivity index (χ4v) is 3.16. The second-order valence-corrected chi connectivity index (χ2v) is 6.44. The molecule has 1 atom stereocenters. The Labute approximate surface area is 136 Å². The van der Waals surface area contributed by atoms with Crippen LogP contribution in [0.1, 0.15) is 35.1 Å². The minimum absolute atomic E-state index is 0.0482. The number of aromatic amines is 1. The summed E-state index contributed by atoms with van der Waals surface area (Å²) in [6.45, 7) is 5.81. The van der Waals surface area contributed by atoms with E-state index in [1.807, 2.05) is 6.07 Å². The van der Waals surface area contributed by atoms with E-state index in [-0.39, 0.29) is 11.7 Å². The number of benzene rings is 1. The van der Waals surface area contributed by atoms with E-state index in [9.17, 15) is 9.90 Å². The zero-order valence-corrected chi connectivity index (χ0v) is 13.7. The molecule has 2 aromatic rings.